The first kappa shape index (κ1) is 13.7. The Kier molecular flexibility index (Phi) is 3.98. The molecule has 0 bridgehead atoms. The van der Waals surface area contributed by atoms with Gasteiger partial charge in [0.2, 0.25) is 0 Å². The van der Waals surface area contributed by atoms with E-state index in [0.29, 0.717) is 23.2 Å². The summed E-state index contributed by atoms with van der Waals surface area (Å²) in [6.07, 6.45) is 2.28. The summed E-state index contributed by atoms with van der Waals surface area (Å²) in [4.78, 5) is 14.2. The van der Waals surface area contributed by atoms with E-state index in [-0.39, 0.29) is 5.97 Å². The highest BCUT2D eigenvalue weighted by atomic mass is 16.5. The van der Waals surface area contributed by atoms with Crippen LogP contribution in [0.1, 0.15) is 37.0 Å². The lowest BCUT2D eigenvalue weighted by molar-refractivity contribution is 0.0601. The number of para-hydroxylation sites is 1. The summed E-state index contributed by atoms with van der Waals surface area (Å²) in [5.74, 6) is 0.212. The van der Waals surface area contributed by atoms with E-state index in [2.05, 4.69) is 18.7 Å². The Morgan fingerprint density at radius 1 is 1.47 bits per heavy atom. The van der Waals surface area contributed by atoms with Crippen molar-refractivity contribution in [1.82, 2.24) is 0 Å². The molecule has 0 saturated carbocycles. The minimum atomic E-state index is -0.322. The van der Waals surface area contributed by atoms with Crippen molar-refractivity contribution in [2.75, 3.05) is 24.3 Å². The summed E-state index contributed by atoms with van der Waals surface area (Å²) < 4.78 is 4.87. The number of ether oxygens (including phenoxy) is 1. The number of nitrogens with two attached hydrogens (primary N) is 1. The lowest BCUT2D eigenvalue weighted by atomic mass is 10.0. The third-order valence-electron chi connectivity index (χ3n) is 3.83. The predicted octanol–water partition coefficient (Wildman–Crippen LogP) is 2.68. The third kappa shape index (κ3) is 2.53. The van der Waals surface area contributed by atoms with Crippen molar-refractivity contribution >= 4 is 17.3 Å². The molecule has 1 unspecified atom stereocenters. The highest BCUT2D eigenvalue weighted by molar-refractivity contribution is 5.99. The number of rotatable bonds is 3. The van der Waals surface area contributed by atoms with Gasteiger partial charge in [0.15, 0.2) is 0 Å². The first-order valence-electron chi connectivity index (χ1n) is 6.79. The molecule has 1 aromatic carbocycles. The Bertz CT molecular complexity index is 471. The molecular formula is C15H22N2O2. The summed E-state index contributed by atoms with van der Waals surface area (Å²) in [5, 5.41) is 0. The average Bonchev–Trinajstić information content (AvgIpc) is 2.86. The van der Waals surface area contributed by atoms with Crippen LogP contribution in [0.3, 0.4) is 0 Å². The van der Waals surface area contributed by atoms with Crippen molar-refractivity contribution in [2.45, 2.75) is 32.7 Å². The number of carbonyl (C=O) groups excluding carboxylic acids is 1. The molecule has 0 aromatic heterocycles. The first-order chi connectivity index (χ1) is 9.06. The standard InChI is InChI=1S/C15H22N2O2/c1-10(2)13-8-5-9-17(13)14-11(15(18)19-3)6-4-7-12(14)16/h4,6-7,10,13H,5,8-9,16H2,1-3H3. The SMILES string of the molecule is COC(=O)c1cccc(N)c1N1CCCC1C(C)C. The van der Waals surface area contributed by atoms with Gasteiger partial charge in [-0.2, -0.15) is 0 Å². The van der Waals surface area contributed by atoms with Gasteiger partial charge in [-0.3, -0.25) is 0 Å². The molecule has 0 radical (unpaired) electrons. The van der Waals surface area contributed by atoms with Crippen LogP contribution < -0.4 is 10.6 Å². The van der Waals surface area contributed by atoms with E-state index in [1.54, 1.807) is 12.1 Å². The van der Waals surface area contributed by atoms with E-state index >= 15 is 0 Å². The fraction of sp³-hybridized carbons (Fsp3) is 0.533. The van der Waals surface area contributed by atoms with Crippen molar-refractivity contribution in [3.63, 3.8) is 0 Å². The van der Waals surface area contributed by atoms with E-state index < -0.39 is 0 Å². The van der Waals surface area contributed by atoms with Crippen molar-refractivity contribution < 1.29 is 9.53 Å². The van der Waals surface area contributed by atoms with Gasteiger partial charge in [0, 0.05) is 12.6 Å². The highest BCUT2D eigenvalue weighted by Gasteiger charge is 2.31. The monoisotopic (exact) mass is 262 g/mol. The number of benzene rings is 1. The third-order valence-corrected chi connectivity index (χ3v) is 3.83. The molecule has 1 heterocycles. The molecule has 0 amide bonds. The molecular weight excluding hydrogens is 240 g/mol. The maximum absolute atomic E-state index is 11.9. The number of hydrogen-bond acceptors (Lipinski definition) is 4. The van der Waals surface area contributed by atoms with Gasteiger partial charge in [-0.1, -0.05) is 19.9 Å². The number of esters is 1. The van der Waals surface area contributed by atoms with Crippen LogP contribution in [-0.2, 0) is 4.74 Å². The van der Waals surface area contributed by atoms with Gasteiger partial charge in [0.05, 0.1) is 24.0 Å². The van der Waals surface area contributed by atoms with Crippen LogP contribution in [0.25, 0.3) is 0 Å². The van der Waals surface area contributed by atoms with Crippen LogP contribution in [0, 0.1) is 5.92 Å². The van der Waals surface area contributed by atoms with Crippen LogP contribution in [-0.4, -0.2) is 25.7 Å². The molecule has 4 heteroatoms. The second kappa shape index (κ2) is 5.51. The fourth-order valence-electron chi connectivity index (χ4n) is 2.92. The molecule has 1 atom stereocenters. The topological polar surface area (TPSA) is 55.6 Å². The molecule has 1 saturated heterocycles. The molecule has 2 N–H and O–H groups in total. The second-order valence-electron chi connectivity index (χ2n) is 5.38. The number of carbonyl (C=O) groups is 1. The molecule has 104 valence electrons. The van der Waals surface area contributed by atoms with Gasteiger partial charge in [-0.15, -0.1) is 0 Å². The maximum atomic E-state index is 11.9. The number of methoxy groups -OCH3 is 1. The van der Waals surface area contributed by atoms with Gasteiger partial charge in [-0.25, -0.2) is 4.79 Å². The van der Waals surface area contributed by atoms with Gasteiger partial charge in [0.25, 0.3) is 0 Å². The predicted molar refractivity (Wildman–Crippen MR) is 77.4 cm³/mol. The van der Waals surface area contributed by atoms with E-state index in [9.17, 15) is 4.79 Å². The minimum absolute atomic E-state index is 0.322. The second-order valence-corrected chi connectivity index (χ2v) is 5.38. The molecule has 19 heavy (non-hydrogen) atoms. The van der Waals surface area contributed by atoms with Crippen molar-refractivity contribution in [3.05, 3.63) is 23.8 Å². The van der Waals surface area contributed by atoms with E-state index in [0.717, 1.165) is 25.1 Å². The molecule has 1 aromatic rings. The molecule has 0 aliphatic carbocycles. The molecule has 1 aliphatic rings. The van der Waals surface area contributed by atoms with Gasteiger partial charge in [0.1, 0.15) is 0 Å². The smallest absolute Gasteiger partial charge is 0.340 e. The summed E-state index contributed by atoms with van der Waals surface area (Å²) in [6.45, 7) is 5.36. The Labute approximate surface area is 114 Å². The van der Waals surface area contributed by atoms with Crippen molar-refractivity contribution in [3.8, 4) is 0 Å². The first-order valence-corrected chi connectivity index (χ1v) is 6.79. The zero-order chi connectivity index (χ0) is 14.0. The molecule has 2 rings (SSSR count). The minimum Gasteiger partial charge on any atom is -0.465 e. The Morgan fingerprint density at radius 2 is 2.21 bits per heavy atom. The van der Waals surface area contributed by atoms with Gasteiger partial charge in [-0.05, 0) is 30.9 Å². The lowest BCUT2D eigenvalue weighted by Crippen LogP contribution is -2.35. The largest absolute Gasteiger partial charge is 0.465 e. The zero-order valence-corrected chi connectivity index (χ0v) is 11.8. The normalized spacial score (nSPS) is 18.9. The molecule has 4 nitrogen and oxygen atoms in total. The van der Waals surface area contributed by atoms with E-state index in [4.69, 9.17) is 10.5 Å². The number of nitrogens with zero attached hydrogens (tertiary/aromatic N) is 1. The molecule has 1 aliphatic heterocycles. The summed E-state index contributed by atoms with van der Waals surface area (Å²) in [6, 6.07) is 5.86. The summed E-state index contributed by atoms with van der Waals surface area (Å²) >= 11 is 0. The maximum Gasteiger partial charge on any atom is 0.340 e. The highest BCUT2D eigenvalue weighted by Crippen LogP contribution is 2.36. The van der Waals surface area contributed by atoms with Crippen LogP contribution in [0.15, 0.2) is 18.2 Å². The van der Waals surface area contributed by atoms with Crippen LogP contribution in [0.4, 0.5) is 11.4 Å². The average molecular weight is 262 g/mol. The van der Waals surface area contributed by atoms with Gasteiger partial charge >= 0.3 is 5.97 Å². The zero-order valence-electron chi connectivity index (χ0n) is 11.8. The Morgan fingerprint density at radius 3 is 2.84 bits per heavy atom. The quantitative estimate of drug-likeness (QED) is 0.672. The number of nitrogen functional groups attached to an aromatic ring is 1. The number of hydrogen-bond donors (Lipinski definition) is 1. The summed E-state index contributed by atoms with van der Waals surface area (Å²) in [7, 11) is 1.40. The Hall–Kier alpha value is -1.71. The molecule has 1 fully saturated rings. The molecule has 0 spiro atoms. The fourth-order valence-corrected chi connectivity index (χ4v) is 2.92. The van der Waals surface area contributed by atoms with E-state index in [1.165, 1.54) is 7.11 Å². The van der Waals surface area contributed by atoms with Gasteiger partial charge < -0.3 is 15.4 Å². The van der Waals surface area contributed by atoms with E-state index in [1.807, 2.05) is 6.07 Å². The van der Waals surface area contributed by atoms with Crippen LogP contribution in [0.5, 0.6) is 0 Å². The lowest BCUT2D eigenvalue weighted by Gasteiger charge is -2.31. The van der Waals surface area contributed by atoms with Crippen LogP contribution in [0.2, 0.25) is 0 Å². The number of anilines is 2. The summed E-state index contributed by atoms with van der Waals surface area (Å²) in [5.41, 5.74) is 8.16. The Balaban J connectivity index is 2.46. The van der Waals surface area contributed by atoms with Crippen molar-refractivity contribution in [2.24, 2.45) is 5.92 Å². The van der Waals surface area contributed by atoms with Crippen molar-refractivity contribution in [1.29, 1.82) is 0 Å². The van der Waals surface area contributed by atoms with Crippen LogP contribution >= 0.6 is 0 Å².